The topological polar surface area (TPSA) is 103 Å². The molecule has 8 nitrogen and oxygen atoms in total. The molecule has 1 atom stereocenters. The van der Waals surface area contributed by atoms with Crippen LogP contribution in [0, 0.1) is 12.3 Å². The molecule has 3 aliphatic rings. The zero-order valence-electron chi connectivity index (χ0n) is 14.0. The first-order valence-electron chi connectivity index (χ1n) is 8.41. The lowest BCUT2D eigenvalue weighted by atomic mass is 10.0. The number of benzene rings is 1. The Kier molecular flexibility index (Phi) is 3.72. The maximum atomic E-state index is 12.8. The Morgan fingerprint density at radius 3 is 2.85 bits per heavy atom. The highest BCUT2D eigenvalue weighted by atomic mass is 16.2. The van der Waals surface area contributed by atoms with Crippen molar-refractivity contribution in [3.63, 3.8) is 0 Å². The van der Waals surface area contributed by atoms with Crippen LogP contribution in [0.15, 0.2) is 28.4 Å². The number of carbonyl (C=O) groups excluding carboxylic acids is 3. The molecule has 0 aliphatic carbocycles. The summed E-state index contributed by atoms with van der Waals surface area (Å²) >= 11 is 0. The SMILES string of the molecule is C#CCC1(CNc2cccc3c2CN(C2CCC(=O)NC2=O)C3=O)N=N1. The molecule has 1 unspecified atom stereocenters. The Bertz CT molecular complexity index is 879. The Hall–Kier alpha value is -3.21. The third-order valence-electron chi connectivity index (χ3n) is 4.91. The van der Waals surface area contributed by atoms with Gasteiger partial charge in [-0.15, -0.1) is 12.3 Å². The Morgan fingerprint density at radius 1 is 1.35 bits per heavy atom. The van der Waals surface area contributed by atoms with Crippen molar-refractivity contribution in [3.8, 4) is 12.3 Å². The molecular formula is C18H17N5O3. The second kappa shape index (κ2) is 5.95. The number of imide groups is 1. The second-order valence-corrected chi connectivity index (χ2v) is 6.65. The first-order chi connectivity index (χ1) is 12.5. The summed E-state index contributed by atoms with van der Waals surface area (Å²) in [5, 5.41) is 13.6. The van der Waals surface area contributed by atoms with Gasteiger partial charge in [-0.05, 0) is 18.6 Å². The van der Waals surface area contributed by atoms with Crippen LogP contribution in [-0.2, 0) is 16.1 Å². The van der Waals surface area contributed by atoms with Gasteiger partial charge < -0.3 is 10.2 Å². The fourth-order valence-electron chi connectivity index (χ4n) is 3.43. The maximum Gasteiger partial charge on any atom is 0.255 e. The van der Waals surface area contributed by atoms with Gasteiger partial charge in [-0.25, -0.2) is 0 Å². The largest absolute Gasteiger partial charge is 0.380 e. The minimum absolute atomic E-state index is 0.197. The van der Waals surface area contributed by atoms with Crippen molar-refractivity contribution in [2.45, 2.75) is 37.5 Å². The van der Waals surface area contributed by atoms with E-state index >= 15 is 0 Å². The van der Waals surface area contributed by atoms with Crippen LogP contribution < -0.4 is 10.6 Å². The van der Waals surface area contributed by atoms with Crippen LogP contribution in [-0.4, -0.2) is 40.9 Å². The van der Waals surface area contributed by atoms with Crippen molar-refractivity contribution in [1.29, 1.82) is 0 Å². The molecule has 132 valence electrons. The summed E-state index contributed by atoms with van der Waals surface area (Å²) in [6, 6.07) is 4.80. The van der Waals surface area contributed by atoms with Crippen LogP contribution in [0.4, 0.5) is 5.69 Å². The van der Waals surface area contributed by atoms with Crippen LogP contribution in [0.3, 0.4) is 0 Å². The van der Waals surface area contributed by atoms with E-state index in [1.807, 2.05) is 6.07 Å². The number of rotatable bonds is 5. The molecule has 0 aromatic heterocycles. The molecule has 1 fully saturated rings. The van der Waals surface area contributed by atoms with Crippen molar-refractivity contribution in [2.24, 2.45) is 10.2 Å². The number of anilines is 1. The third kappa shape index (κ3) is 2.71. The van der Waals surface area contributed by atoms with E-state index in [1.54, 1.807) is 12.1 Å². The average molecular weight is 351 g/mol. The van der Waals surface area contributed by atoms with Crippen LogP contribution in [0.2, 0.25) is 0 Å². The van der Waals surface area contributed by atoms with Gasteiger partial charge in [0.2, 0.25) is 17.5 Å². The van der Waals surface area contributed by atoms with Crippen LogP contribution >= 0.6 is 0 Å². The minimum atomic E-state index is -0.623. The van der Waals surface area contributed by atoms with E-state index < -0.39 is 17.6 Å². The van der Waals surface area contributed by atoms with Gasteiger partial charge in [-0.2, -0.15) is 10.2 Å². The number of terminal acetylenes is 1. The number of nitrogens with zero attached hydrogens (tertiary/aromatic N) is 3. The number of hydrogen-bond donors (Lipinski definition) is 2. The molecule has 3 aliphatic heterocycles. The first kappa shape index (κ1) is 16.3. The molecule has 0 saturated carbocycles. The predicted octanol–water partition coefficient (Wildman–Crippen LogP) is 1.04. The lowest BCUT2D eigenvalue weighted by Crippen LogP contribution is -2.52. The minimum Gasteiger partial charge on any atom is -0.380 e. The number of nitrogens with one attached hydrogen (secondary N) is 2. The molecule has 1 aromatic rings. The van der Waals surface area contributed by atoms with Crippen molar-refractivity contribution in [3.05, 3.63) is 29.3 Å². The molecule has 26 heavy (non-hydrogen) atoms. The van der Waals surface area contributed by atoms with E-state index in [2.05, 4.69) is 26.8 Å². The molecular weight excluding hydrogens is 334 g/mol. The first-order valence-corrected chi connectivity index (χ1v) is 8.41. The zero-order chi connectivity index (χ0) is 18.3. The van der Waals surface area contributed by atoms with E-state index in [9.17, 15) is 14.4 Å². The predicted molar refractivity (Wildman–Crippen MR) is 92.0 cm³/mol. The van der Waals surface area contributed by atoms with Crippen molar-refractivity contribution < 1.29 is 14.4 Å². The van der Waals surface area contributed by atoms with Gasteiger partial charge in [0.25, 0.3) is 5.91 Å². The highest BCUT2D eigenvalue weighted by molar-refractivity contribution is 6.06. The molecule has 0 radical (unpaired) electrons. The molecule has 2 N–H and O–H groups in total. The second-order valence-electron chi connectivity index (χ2n) is 6.65. The van der Waals surface area contributed by atoms with Gasteiger partial charge in [0, 0.05) is 29.8 Å². The van der Waals surface area contributed by atoms with Crippen molar-refractivity contribution >= 4 is 23.4 Å². The third-order valence-corrected chi connectivity index (χ3v) is 4.91. The lowest BCUT2D eigenvalue weighted by Gasteiger charge is -2.29. The monoisotopic (exact) mass is 351 g/mol. The summed E-state index contributed by atoms with van der Waals surface area (Å²) in [5.41, 5.74) is 1.64. The molecule has 1 aromatic carbocycles. The maximum absolute atomic E-state index is 12.8. The van der Waals surface area contributed by atoms with Crippen molar-refractivity contribution in [1.82, 2.24) is 10.2 Å². The Morgan fingerprint density at radius 2 is 2.15 bits per heavy atom. The number of hydrogen-bond acceptors (Lipinski definition) is 6. The average Bonchev–Trinajstić information content (AvgIpc) is 3.30. The zero-order valence-corrected chi connectivity index (χ0v) is 14.0. The van der Waals surface area contributed by atoms with E-state index in [4.69, 9.17) is 6.42 Å². The number of piperidine rings is 1. The van der Waals surface area contributed by atoms with E-state index in [1.165, 1.54) is 4.90 Å². The highest BCUT2D eigenvalue weighted by Crippen LogP contribution is 2.35. The molecule has 0 spiro atoms. The molecule has 4 rings (SSSR count). The quantitative estimate of drug-likeness (QED) is 0.611. The van der Waals surface area contributed by atoms with Gasteiger partial charge in [0.05, 0.1) is 13.0 Å². The molecule has 1 saturated heterocycles. The van der Waals surface area contributed by atoms with Crippen LogP contribution in [0.5, 0.6) is 0 Å². The molecule has 0 bridgehead atoms. The van der Waals surface area contributed by atoms with Crippen LogP contribution in [0.1, 0.15) is 35.2 Å². The van der Waals surface area contributed by atoms with E-state index in [-0.39, 0.29) is 18.2 Å². The Labute approximate surface area is 150 Å². The fourth-order valence-corrected chi connectivity index (χ4v) is 3.43. The summed E-state index contributed by atoms with van der Waals surface area (Å²) in [6.07, 6.45) is 6.35. The van der Waals surface area contributed by atoms with E-state index in [0.717, 1.165) is 11.3 Å². The van der Waals surface area contributed by atoms with Gasteiger partial charge in [-0.1, -0.05) is 6.07 Å². The summed E-state index contributed by atoms with van der Waals surface area (Å²) in [6.45, 7) is 0.778. The van der Waals surface area contributed by atoms with Gasteiger partial charge in [0.15, 0.2) is 0 Å². The molecule has 8 heteroatoms. The standard InChI is InChI=1S/C18H17N5O3/c1-2-8-18(21-22-18)10-19-13-5-3-4-11-12(13)9-23(17(11)26)14-6-7-15(24)20-16(14)25/h1,3-5,14,19H,6-10H2,(H,20,24,25). The number of amides is 3. The lowest BCUT2D eigenvalue weighted by molar-refractivity contribution is -0.136. The highest BCUT2D eigenvalue weighted by Gasteiger charge is 2.41. The van der Waals surface area contributed by atoms with Crippen LogP contribution in [0.25, 0.3) is 0 Å². The summed E-state index contributed by atoms with van der Waals surface area (Å²) < 4.78 is 0. The van der Waals surface area contributed by atoms with E-state index in [0.29, 0.717) is 31.5 Å². The fraction of sp³-hybridized carbons (Fsp3) is 0.389. The molecule has 3 amide bonds. The number of fused-ring (bicyclic) bond motifs is 1. The van der Waals surface area contributed by atoms with Gasteiger partial charge in [0.1, 0.15) is 6.04 Å². The van der Waals surface area contributed by atoms with Crippen molar-refractivity contribution in [2.75, 3.05) is 11.9 Å². The normalized spacial score (nSPS) is 22.7. The summed E-state index contributed by atoms with van der Waals surface area (Å²) in [5.74, 6) is 1.65. The number of carbonyl (C=O) groups is 3. The smallest absolute Gasteiger partial charge is 0.255 e. The Balaban J connectivity index is 1.52. The van der Waals surface area contributed by atoms with Gasteiger partial charge >= 0.3 is 0 Å². The van der Waals surface area contributed by atoms with Gasteiger partial charge in [-0.3, -0.25) is 19.7 Å². The summed E-state index contributed by atoms with van der Waals surface area (Å²) in [4.78, 5) is 37.8. The molecule has 3 heterocycles. The summed E-state index contributed by atoms with van der Waals surface area (Å²) in [7, 11) is 0.